The van der Waals surface area contributed by atoms with E-state index in [1.165, 1.54) is 0 Å². The molecule has 0 aliphatic carbocycles. The fraction of sp³-hybridized carbons (Fsp3) is 0.211. The Morgan fingerprint density at radius 1 is 1.00 bits per heavy atom. The number of hydrogen-bond donors (Lipinski definition) is 2. The van der Waals surface area contributed by atoms with Crippen LogP contribution in [-0.4, -0.2) is 46.3 Å². The van der Waals surface area contributed by atoms with Gasteiger partial charge in [-0.1, -0.05) is 34.8 Å². The Morgan fingerprint density at radius 2 is 1.69 bits per heavy atom. The van der Waals surface area contributed by atoms with E-state index in [0.29, 0.717) is 44.3 Å². The first kappa shape index (κ1) is 20.2. The van der Waals surface area contributed by atoms with Crippen molar-refractivity contribution >= 4 is 74.4 Å². The molecule has 1 fully saturated rings. The molecule has 0 unspecified atom stereocenters. The number of anilines is 1. The Balaban J connectivity index is 1.44. The van der Waals surface area contributed by atoms with Crippen LogP contribution in [0.5, 0.6) is 5.88 Å². The molecular weight excluding hydrogens is 453 g/mol. The van der Waals surface area contributed by atoms with Crippen molar-refractivity contribution in [2.24, 2.45) is 10.2 Å². The van der Waals surface area contributed by atoms with E-state index < -0.39 is 0 Å². The molecule has 0 atom stereocenters. The maximum atomic E-state index is 10.1. The second kappa shape index (κ2) is 8.36. The summed E-state index contributed by atoms with van der Waals surface area (Å²) in [5, 5.41) is 21.3. The van der Waals surface area contributed by atoms with Gasteiger partial charge in [-0.25, -0.2) is 0 Å². The average molecular weight is 469 g/mol. The van der Waals surface area contributed by atoms with Gasteiger partial charge in [-0.15, -0.1) is 10.2 Å². The lowest BCUT2D eigenvalue weighted by Gasteiger charge is -2.36. The van der Waals surface area contributed by atoms with Crippen molar-refractivity contribution in [2.45, 2.75) is 0 Å². The summed E-state index contributed by atoms with van der Waals surface area (Å²) in [5.74, 6) is -0.0731. The molecular formula is C19H16Cl3N5OS. The lowest BCUT2D eigenvalue weighted by Crippen LogP contribution is -2.48. The minimum atomic E-state index is -0.0731. The van der Waals surface area contributed by atoms with Crippen LogP contribution in [-0.2, 0) is 0 Å². The van der Waals surface area contributed by atoms with Gasteiger partial charge in [-0.3, -0.25) is 0 Å². The molecule has 1 saturated heterocycles. The van der Waals surface area contributed by atoms with E-state index >= 15 is 0 Å². The molecule has 2 N–H and O–H groups in total. The van der Waals surface area contributed by atoms with Crippen LogP contribution in [0.15, 0.2) is 46.6 Å². The van der Waals surface area contributed by atoms with Crippen molar-refractivity contribution in [1.82, 2.24) is 9.88 Å². The van der Waals surface area contributed by atoms with Gasteiger partial charge in [-0.2, -0.15) is 0 Å². The van der Waals surface area contributed by atoms with E-state index in [4.69, 9.17) is 47.0 Å². The Bertz CT molecular complexity index is 1110. The highest BCUT2D eigenvalue weighted by Crippen LogP contribution is 2.37. The van der Waals surface area contributed by atoms with Crippen molar-refractivity contribution in [1.29, 1.82) is 0 Å². The third-order valence-corrected chi connectivity index (χ3v) is 5.86. The molecule has 0 radical (unpaired) electrons. The summed E-state index contributed by atoms with van der Waals surface area (Å²) in [5.41, 5.74) is 1.99. The number of nitrogens with one attached hydrogen (secondary N) is 1. The molecule has 1 aliphatic rings. The summed E-state index contributed by atoms with van der Waals surface area (Å²) < 4.78 is 0. The van der Waals surface area contributed by atoms with Crippen molar-refractivity contribution in [3.63, 3.8) is 0 Å². The van der Waals surface area contributed by atoms with Gasteiger partial charge in [0.25, 0.3) is 0 Å². The average Bonchev–Trinajstić information content (AvgIpc) is 3.00. The zero-order valence-electron chi connectivity index (χ0n) is 15.1. The summed E-state index contributed by atoms with van der Waals surface area (Å²) in [7, 11) is 0. The van der Waals surface area contributed by atoms with E-state index in [0.717, 1.165) is 24.3 Å². The maximum Gasteiger partial charge on any atom is 0.218 e. The highest BCUT2D eigenvalue weighted by Gasteiger charge is 2.21. The summed E-state index contributed by atoms with van der Waals surface area (Å²) in [4.78, 5) is 7.00. The second-order valence-corrected chi connectivity index (χ2v) is 8.21. The molecule has 0 saturated carbocycles. The number of azo groups is 1. The summed E-state index contributed by atoms with van der Waals surface area (Å²) in [6, 6.07) is 10.7. The van der Waals surface area contributed by atoms with E-state index in [-0.39, 0.29) is 5.88 Å². The number of halogens is 3. The van der Waals surface area contributed by atoms with E-state index in [2.05, 4.69) is 20.1 Å². The fourth-order valence-electron chi connectivity index (χ4n) is 3.27. The van der Waals surface area contributed by atoms with Crippen molar-refractivity contribution in [2.75, 3.05) is 31.1 Å². The predicted molar refractivity (Wildman–Crippen MR) is 122 cm³/mol. The molecule has 29 heavy (non-hydrogen) atoms. The summed E-state index contributed by atoms with van der Waals surface area (Å²) in [6.07, 6.45) is 0. The lowest BCUT2D eigenvalue weighted by molar-refractivity contribution is 0.387. The molecule has 2 heterocycles. The molecule has 6 nitrogen and oxygen atoms in total. The van der Waals surface area contributed by atoms with Gasteiger partial charge in [0.1, 0.15) is 0 Å². The van der Waals surface area contributed by atoms with Crippen LogP contribution in [0, 0.1) is 0 Å². The number of hydrogen-bond acceptors (Lipinski definition) is 4. The van der Waals surface area contributed by atoms with Crippen LogP contribution >= 0.6 is 47.0 Å². The first-order chi connectivity index (χ1) is 13.9. The number of H-pyrrole nitrogens is 1. The predicted octanol–water partition coefficient (Wildman–Crippen LogP) is 6.02. The Hall–Kier alpha value is -2.06. The minimum Gasteiger partial charge on any atom is -0.493 e. The third-order valence-electron chi connectivity index (χ3n) is 4.75. The number of aromatic hydroxyl groups is 1. The van der Waals surface area contributed by atoms with Crippen LogP contribution in [0.4, 0.5) is 11.4 Å². The van der Waals surface area contributed by atoms with Gasteiger partial charge in [0.05, 0.1) is 16.2 Å². The molecule has 3 aromatic rings. The van der Waals surface area contributed by atoms with Crippen molar-refractivity contribution in [3.8, 4) is 5.88 Å². The van der Waals surface area contributed by atoms with Crippen molar-refractivity contribution in [3.05, 3.63) is 51.5 Å². The highest BCUT2D eigenvalue weighted by atomic mass is 35.5. The fourth-order valence-corrected chi connectivity index (χ4v) is 4.19. The molecule has 1 aliphatic heterocycles. The zero-order valence-corrected chi connectivity index (χ0v) is 18.2. The topological polar surface area (TPSA) is 67.2 Å². The molecule has 0 bridgehead atoms. The first-order valence-corrected chi connectivity index (χ1v) is 10.4. The first-order valence-electron chi connectivity index (χ1n) is 8.83. The zero-order chi connectivity index (χ0) is 20.5. The maximum absolute atomic E-state index is 10.1. The van der Waals surface area contributed by atoms with Gasteiger partial charge in [0.15, 0.2) is 5.69 Å². The minimum absolute atomic E-state index is 0.0731. The number of aromatic nitrogens is 1. The Labute approximate surface area is 187 Å². The summed E-state index contributed by atoms with van der Waals surface area (Å²) >= 11 is 23.8. The standard InChI is InChI=1S/C19H16Cl3N5OS/c20-11-1-3-15-13(9-11)17(18(28)23-15)24-25-19(29)27-7-5-26(6-8-27)16-4-2-12(21)10-14(16)22/h1-4,9-10,23,28H,5-8H2. The number of rotatable bonds is 2. The largest absolute Gasteiger partial charge is 0.493 e. The number of benzene rings is 2. The molecule has 1 aromatic heterocycles. The molecule has 2 aromatic carbocycles. The van der Waals surface area contributed by atoms with Crippen molar-refractivity contribution < 1.29 is 5.11 Å². The van der Waals surface area contributed by atoms with Gasteiger partial charge in [0.2, 0.25) is 11.0 Å². The van der Waals surface area contributed by atoms with Crippen LogP contribution < -0.4 is 4.90 Å². The Morgan fingerprint density at radius 3 is 2.41 bits per heavy atom. The molecule has 150 valence electrons. The molecule has 0 spiro atoms. The van der Waals surface area contributed by atoms with Crippen LogP contribution in [0.2, 0.25) is 15.1 Å². The van der Waals surface area contributed by atoms with Gasteiger partial charge < -0.3 is 19.9 Å². The lowest BCUT2D eigenvalue weighted by atomic mass is 10.2. The number of piperazine rings is 1. The number of aromatic amines is 1. The monoisotopic (exact) mass is 467 g/mol. The Kier molecular flexibility index (Phi) is 5.83. The SMILES string of the molecule is Oc1[nH]c2ccc(Cl)cc2c1N=NC(=S)N1CCN(c2ccc(Cl)cc2Cl)CC1. The van der Waals surface area contributed by atoms with Crippen LogP contribution in [0.1, 0.15) is 0 Å². The van der Waals surface area contributed by atoms with E-state index in [1.807, 2.05) is 17.0 Å². The number of fused-ring (bicyclic) bond motifs is 1. The van der Waals surface area contributed by atoms with Gasteiger partial charge in [-0.05, 0) is 48.6 Å². The molecule has 4 rings (SSSR count). The van der Waals surface area contributed by atoms with Gasteiger partial charge >= 0.3 is 0 Å². The third kappa shape index (κ3) is 4.28. The highest BCUT2D eigenvalue weighted by molar-refractivity contribution is 7.80. The second-order valence-electron chi connectivity index (χ2n) is 6.56. The summed E-state index contributed by atoms with van der Waals surface area (Å²) in [6.45, 7) is 2.85. The van der Waals surface area contributed by atoms with Crippen LogP contribution in [0.25, 0.3) is 10.9 Å². The van der Waals surface area contributed by atoms with E-state index in [1.54, 1.807) is 24.3 Å². The molecule has 0 amide bonds. The van der Waals surface area contributed by atoms with Crippen LogP contribution in [0.3, 0.4) is 0 Å². The normalized spacial score (nSPS) is 14.9. The number of thiocarbonyl (C=S) groups is 1. The molecule has 10 heteroatoms. The van der Waals surface area contributed by atoms with E-state index in [9.17, 15) is 5.11 Å². The number of nitrogens with zero attached hydrogens (tertiary/aromatic N) is 4. The van der Waals surface area contributed by atoms with Gasteiger partial charge in [0, 0.05) is 41.6 Å². The quantitative estimate of drug-likeness (QED) is 0.356. The smallest absolute Gasteiger partial charge is 0.218 e.